The van der Waals surface area contributed by atoms with E-state index in [1.165, 1.54) is 12.5 Å². The number of benzene rings is 1. The van der Waals surface area contributed by atoms with Gasteiger partial charge in [-0.15, -0.1) is 10.2 Å². The van der Waals surface area contributed by atoms with Gasteiger partial charge in [0.25, 0.3) is 0 Å². The van der Waals surface area contributed by atoms with Gasteiger partial charge in [0, 0.05) is 31.3 Å². The number of carboxylic acid groups (broad SMARTS) is 2. The first kappa shape index (κ1) is 31.4. The van der Waals surface area contributed by atoms with Gasteiger partial charge in [0.1, 0.15) is 5.82 Å². The number of aliphatic hydroxyl groups excluding tert-OH is 2. The zero-order chi connectivity index (χ0) is 30.8. The van der Waals surface area contributed by atoms with Crippen molar-refractivity contribution in [2.75, 3.05) is 25.4 Å². The van der Waals surface area contributed by atoms with E-state index >= 15 is 0 Å². The number of nitrogens with zero attached hydrogens (tertiary/aromatic N) is 5. The number of aliphatic carboxylic acids is 2. The van der Waals surface area contributed by atoms with Crippen LogP contribution in [0.15, 0.2) is 40.4 Å². The van der Waals surface area contributed by atoms with E-state index in [9.17, 15) is 27.2 Å². The Balaban J connectivity index is 0.000000349. The fraction of sp³-hybridized carbons (Fsp3) is 0.480. The Morgan fingerprint density at radius 1 is 1.19 bits per heavy atom. The normalized spacial score (nSPS) is 21.3. The van der Waals surface area contributed by atoms with E-state index in [1.807, 2.05) is 11.6 Å². The molecule has 5 rings (SSSR count). The van der Waals surface area contributed by atoms with Crippen LogP contribution in [0, 0.1) is 11.7 Å². The summed E-state index contributed by atoms with van der Waals surface area (Å²) in [5, 5.41) is 41.6. The molecule has 1 aliphatic heterocycles. The maximum Gasteiger partial charge on any atom is 0.416 e. The van der Waals surface area contributed by atoms with Crippen molar-refractivity contribution in [1.82, 2.24) is 24.6 Å². The molecule has 42 heavy (non-hydrogen) atoms. The van der Waals surface area contributed by atoms with E-state index in [0.717, 1.165) is 42.9 Å². The van der Waals surface area contributed by atoms with Gasteiger partial charge in [0.2, 0.25) is 5.82 Å². The molecule has 12 nitrogen and oxygen atoms in total. The van der Waals surface area contributed by atoms with Gasteiger partial charge in [0.15, 0.2) is 29.5 Å². The summed E-state index contributed by atoms with van der Waals surface area (Å²) in [5.74, 6) is -1.96. The van der Waals surface area contributed by atoms with Crippen molar-refractivity contribution in [1.29, 1.82) is 0 Å². The Morgan fingerprint density at radius 2 is 1.88 bits per heavy atom. The van der Waals surface area contributed by atoms with Crippen LogP contribution in [0.2, 0.25) is 0 Å². The minimum atomic E-state index is -4.53. The standard InChI is InChI=1S/C21H21F4N5OS.C4H6O6/c1-29-18(17-9-26-12-31-17)27-28-19(29)32-6-2-5-30-10-14-8-20(14,11-30)15-4-3-13(7-16(15)22)21(23,24)25;5-1(3(7)8)2(6)4(9)10/h3-4,7,9,12,14H,2,5-6,8,10-11H2,1H3;1-2,5-6H,(H,7,8)(H,9,10)/t14-,20-;/m0./s1. The molecule has 1 saturated carbocycles. The number of alkyl halides is 3. The number of thioether (sulfide) groups is 1. The van der Waals surface area contributed by atoms with Gasteiger partial charge in [-0.2, -0.15) is 13.2 Å². The molecule has 1 saturated heterocycles. The van der Waals surface area contributed by atoms with Gasteiger partial charge in [-0.05, 0) is 43.0 Å². The third kappa shape index (κ3) is 6.74. The zero-order valence-corrected chi connectivity index (χ0v) is 22.8. The van der Waals surface area contributed by atoms with Crippen LogP contribution >= 0.6 is 11.8 Å². The van der Waals surface area contributed by atoms with Crippen molar-refractivity contribution in [2.24, 2.45) is 13.0 Å². The van der Waals surface area contributed by atoms with Crippen molar-refractivity contribution in [3.63, 3.8) is 0 Å². The smallest absolute Gasteiger partial charge is 0.416 e. The lowest BCUT2D eigenvalue weighted by Gasteiger charge is -2.21. The average Bonchev–Trinajstić information content (AvgIpc) is 3.31. The highest BCUT2D eigenvalue weighted by Gasteiger charge is 2.61. The van der Waals surface area contributed by atoms with Gasteiger partial charge >= 0.3 is 18.1 Å². The Labute approximate surface area is 240 Å². The first-order valence-corrected chi connectivity index (χ1v) is 13.6. The number of piperidine rings is 1. The predicted octanol–water partition coefficient (Wildman–Crippen LogP) is 2.26. The maximum absolute atomic E-state index is 14.5. The van der Waals surface area contributed by atoms with Gasteiger partial charge in [-0.25, -0.2) is 19.0 Å². The first-order chi connectivity index (χ1) is 19.7. The fourth-order valence-corrected chi connectivity index (χ4v) is 5.81. The molecular formula is C25H27F4N5O7S. The molecule has 0 amide bonds. The summed E-state index contributed by atoms with van der Waals surface area (Å²) in [6.45, 7) is 2.38. The summed E-state index contributed by atoms with van der Waals surface area (Å²) in [6, 6.07) is 2.96. The first-order valence-electron chi connectivity index (χ1n) is 12.6. The van der Waals surface area contributed by atoms with Crippen LogP contribution in [0.25, 0.3) is 11.6 Å². The number of hydrogen-bond acceptors (Lipinski definition) is 10. The monoisotopic (exact) mass is 617 g/mol. The molecule has 1 aromatic carbocycles. The number of hydrogen-bond donors (Lipinski definition) is 4. The molecule has 2 aliphatic rings. The number of likely N-dealkylation sites (tertiary alicyclic amines) is 1. The quantitative estimate of drug-likeness (QED) is 0.149. The number of fused-ring (bicyclic) bond motifs is 1. The molecule has 1 aliphatic carbocycles. The summed E-state index contributed by atoms with van der Waals surface area (Å²) in [7, 11) is 1.87. The van der Waals surface area contributed by atoms with Crippen LogP contribution in [-0.4, -0.2) is 94.6 Å². The fourth-order valence-electron chi connectivity index (χ4n) is 4.97. The van der Waals surface area contributed by atoms with Crippen molar-refractivity contribution >= 4 is 23.7 Å². The Morgan fingerprint density at radius 3 is 2.45 bits per heavy atom. The SMILES string of the molecule is Cn1c(SCCCN2C[C@@H]3C[C@]3(c3ccc(C(F)(F)F)cc3F)C2)nnc1-c1cnco1.O=C(O)C(O)C(O)C(=O)O. The molecule has 228 valence electrons. The number of rotatable bonds is 10. The molecule has 3 aromatic rings. The van der Waals surface area contributed by atoms with E-state index in [-0.39, 0.29) is 5.41 Å². The van der Waals surface area contributed by atoms with Crippen LogP contribution in [0.1, 0.15) is 24.0 Å². The van der Waals surface area contributed by atoms with Crippen molar-refractivity contribution < 1.29 is 52.0 Å². The predicted molar refractivity (Wildman–Crippen MR) is 137 cm³/mol. The summed E-state index contributed by atoms with van der Waals surface area (Å²) in [5.41, 5.74) is -0.849. The van der Waals surface area contributed by atoms with E-state index in [2.05, 4.69) is 20.1 Å². The minimum absolute atomic E-state index is 0.310. The molecule has 0 bridgehead atoms. The second kappa shape index (κ2) is 12.4. The number of carbonyl (C=O) groups is 2. The second-order valence-electron chi connectivity index (χ2n) is 9.98. The lowest BCUT2D eigenvalue weighted by Crippen LogP contribution is -2.39. The second-order valence-corrected chi connectivity index (χ2v) is 11.0. The van der Waals surface area contributed by atoms with Gasteiger partial charge in [-0.3, -0.25) is 0 Å². The molecule has 17 heteroatoms. The zero-order valence-electron chi connectivity index (χ0n) is 22.0. The van der Waals surface area contributed by atoms with Crippen molar-refractivity contribution in [3.8, 4) is 11.6 Å². The van der Waals surface area contributed by atoms with Crippen LogP contribution in [0.3, 0.4) is 0 Å². The van der Waals surface area contributed by atoms with Crippen LogP contribution in [0.4, 0.5) is 17.6 Å². The van der Waals surface area contributed by atoms with Gasteiger partial charge < -0.3 is 34.3 Å². The van der Waals surface area contributed by atoms with E-state index < -0.39 is 41.7 Å². The van der Waals surface area contributed by atoms with Crippen LogP contribution < -0.4 is 0 Å². The van der Waals surface area contributed by atoms with Gasteiger partial charge in [0.05, 0.1) is 11.8 Å². The molecule has 2 fully saturated rings. The number of carboxylic acids is 2. The van der Waals surface area contributed by atoms with Crippen molar-refractivity contribution in [3.05, 3.63) is 47.7 Å². The van der Waals surface area contributed by atoms with E-state index in [1.54, 1.807) is 18.0 Å². The third-order valence-electron chi connectivity index (χ3n) is 7.19. The molecule has 2 unspecified atom stereocenters. The molecule has 4 atom stereocenters. The summed E-state index contributed by atoms with van der Waals surface area (Å²) in [6.07, 6.45) is -4.38. The van der Waals surface area contributed by atoms with E-state index in [0.29, 0.717) is 35.7 Å². The lowest BCUT2D eigenvalue weighted by atomic mass is 9.93. The Bertz CT molecular complexity index is 1400. The topological polar surface area (TPSA) is 175 Å². The average molecular weight is 618 g/mol. The van der Waals surface area contributed by atoms with Crippen LogP contribution in [-0.2, 0) is 28.2 Å². The molecule has 4 N–H and O–H groups in total. The number of oxazole rings is 1. The molecule has 0 radical (unpaired) electrons. The summed E-state index contributed by atoms with van der Waals surface area (Å²) in [4.78, 5) is 25.7. The molecule has 0 spiro atoms. The van der Waals surface area contributed by atoms with E-state index in [4.69, 9.17) is 24.8 Å². The lowest BCUT2D eigenvalue weighted by molar-refractivity contribution is -0.165. The number of aliphatic hydroxyl groups is 2. The molecule has 3 heterocycles. The largest absolute Gasteiger partial charge is 0.479 e. The van der Waals surface area contributed by atoms with Crippen LogP contribution in [0.5, 0.6) is 0 Å². The summed E-state index contributed by atoms with van der Waals surface area (Å²) < 4.78 is 60.2. The third-order valence-corrected chi connectivity index (χ3v) is 8.30. The maximum atomic E-state index is 14.5. The molecule has 2 aromatic heterocycles. The Kier molecular flexibility index (Phi) is 9.24. The Hall–Kier alpha value is -3.54. The molecular weight excluding hydrogens is 590 g/mol. The highest BCUT2D eigenvalue weighted by atomic mass is 32.2. The minimum Gasteiger partial charge on any atom is -0.479 e. The van der Waals surface area contributed by atoms with Gasteiger partial charge in [-0.1, -0.05) is 17.8 Å². The number of aromatic nitrogens is 4. The highest BCUT2D eigenvalue weighted by molar-refractivity contribution is 7.99. The summed E-state index contributed by atoms with van der Waals surface area (Å²) >= 11 is 1.60. The number of halogens is 4. The highest BCUT2D eigenvalue weighted by Crippen LogP contribution is 2.59. The van der Waals surface area contributed by atoms with Crippen molar-refractivity contribution in [2.45, 2.75) is 41.8 Å².